The number of piperidine rings is 1. The maximum Gasteiger partial charge on any atom is 0.251 e. The minimum atomic E-state index is -0.114. The lowest BCUT2D eigenvalue weighted by Gasteiger charge is -2.33. The van der Waals surface area contributed by atoms with Gasteiger partial charge in [0.15, 0.2) is 0 Å². The van der Waals surface area contributed by atoms with Gasteiger partial charge in [-0.25, -0.2) is 4.98 Å². The van der Waals surface area contributed by atoms with Gasteiger partial charge >= 0.3 is 0 Å². The van der Waals surface area contributed by atoms with E-state index in [9.17, 15) is 9.59 Å². The Morgan fingerprint density at radius 2 is 2.11 bits per heavy atom. The number of nitrogens with one attached hydrogen (secondary N) is 2. The van der Waals surface area contributed by atoms with Gasteiger partial charge < -0.3 is 15.5 Å². The number of hydrogen-bond acceptors (Lipinski definition) is 4. The lowest BCUT2D eigenvalue weighted by molar-refractivity contribution is -0.120. The summed E-state index contributed by atoms with van der Waals surface area (Å²) in [6.07, 6.45) is 4.46. The van der Waals surface area contributed by atoms with Crippen molar-refractivity contribution in [2.75, 3.05) is 29.9 Å². The smallest absolute Gasteiger partial charge is 0.251 e. The van der Waals surface area contributed by atoms with Gasteiger partial charge in [-0.05, 0) is 56.0 Å². The van der Waals surface area contributed by atoms with Gasteiger partial charge in [0.25, 0.3) is 5.91 Å². The van der Waals surface area contributed by atoms with E-state index >= 15 is 0 Å². The largest absolute Gasteiger partial charge is 0.356 e. The SMILES string of the molecule is CCCNC(=O)c1ccc(C)c(NC(=O)C2CCCN(c3ccccn3)C2)c1. The van der Waals surface area contributed by atoms with Crippen molar-refractivity contribution >= 4 is 23.3 Å². The third kappa shape index (κ3) is 4.88. The fourth-order valence-corrected chi connectivity index (χ4v) is 3.41. The van der Waals surface area contributed by atoms with E-state index in [1.807, 2.05) is 38.1 Å². The lowest BCUT2D eigenvalue weighted by atomic mass is 9.96. The molecule has 0 radical (unpaired) electrons. The van der Waals surface area contributed by atoms with Crippen LogP contribution in [0.4, 0.5) is 11.5 Å². The molecule has 1 aliphatic heterocycles. The van der Waals surface area contributed by atoms with E-state index in [0.717, 1.165) is 37.2 Å². The van der Waals surface area contributed by atoms with Crippen LogP contribution in [0.5, 0.6) is 0 Å². The molecule has 6 heteroatoms. The maximum atomic E-state index is 12.9. The predicted octanol–water partition coefficient (Wildman–Crippen LogP) is 3.38. The Kier molecular flexibility index (Phi) is 6.63. The van der Waals surface area contributed by atoms with Crippen molar-refractivity contribution in [2.24, 2.45) is 5.92 Å². The Hall–Kier alpha value is -2.89. The summed E-state index contributed by atoms with van der Waals surface area (Å²) >= 11 is 0. The molecule has 1 aliphatic rings. The highest BCUT2D eigenvalue weighted by atomic mass is 16.2. The molecule has 2 heterocycles. The van der Waals surface area contributed by atoms with E-state index in [1.54, 1.807) is 18.3 Å². The van der Waals surface area contributed by atoms with Gasteiger partial charge in [0, 0.05) is 37.1 Å². The van der Waals surface area contributed by atoms with Gasteiger partial charge in [0.1, 0.15) is 5.82 Å². The van der Waals surface area contributed by atoms with E-state index in [1.165, 1.54) is 0 Å². The van der Waals surface area contributed by atoms with Gasteiger partial charge in [-0.1, -0.05) is 19.1 Å². The van der Waals surface area contributed by atoms with Gasteiger partial charge in [-0.15, -0.1) is 0 Å². The Morgan fingerprint density at radius 3 is 2.86 bits per heavy atom. The van der Waals surface area contributed by atoms with E-state index in [4.69, 9.17) is 0 Å². The molecule has 2 N–H and O–H groups in total. The fourth-order valence-electron chi connectivity index (χ4n) is 3.41. The zero-order valence-electron chi connectivity index (χ0n) is 16.6. The highest BCUT2D eigenvalue weighted by Gasteiger charge is 2.27. The number of anilines is 2. The Morgan fingerprint density at radius 1 is 1.25 bits per heavy atom. The third-order valence-corrected chi connectivity index (χ3v) is 5.06. The minimum Gasteiger partial charge on any atom is -0.356 e. The molecular weight excluding hydrogens is 352 g/mol. The predicted molar refractivity (Wildman–Crippen MR) is 112 cm³/mol. The molecule has 1 aromatic heterocycles. The standard InChI is InChI=1S/C22H28N4O2/c1-3-11-24-21(27)17-10-9-16(2)19(14-17)25-22(28)18-7-6-13-26(15-18)20-8-4-5-12-23-20/h4-5,8-10,12,14,18H,3,6-7,11,13,15H2,1-2H3,(H,24,27)(H,25,28). The van der Waals surface area contributed by atoms with Crippen LogP contribution in [0.3, 0.4) is 0 Å². The van der Waals surface area contributed by atoms with Crippen molar-refractivity contribution in [3.8, 4) is 0 Å². The number of amides is 2. The summed E-state index contributed by atoms with van der Waals surface area (Å²) in [5.41, 5.74) is 2.20. The molecule has 0 spiro atoms. The van der Waals surface area contributed by atoms with Crippen molar-refractivity contribution in [3.05, 3.63) is 53.7 Å². The van der Waals surface area contributed by atoms with Crippen LogP contribution in [0.15, 0.2) is 42.6 Å². The van der Waals surface area contributed by atoms with Crippen molar-refractivity contribution in [1.82, 2.24) is 10.3 Å². The molecule has 0 aliphatic carbocycles. The van der Waals surface area contributed by atoms with E-state index in [0.29, 0.717) is 24.3 Å². The molecule has 1 saturated heterocycles. The molecule has 0 saturated carbocycles. The summed E-state index contributed by atoms with van der Waals surface area (Å²) in [4.78, 5) is 31.7. The second-order valence-electron chi connectivity index (χ2n) is 7.25. The second-order valence-corrected chi connectivity index (χ2v) is 7.25. The summed E-state index contributed by atoms with van der Waals surface area (Å²) in [5, 5.41) is 5.91. The quantitative estimate of drug-likeness (QED) is 0.806. The summed E-state index contributed by atoms with van der Waals surface area (Å²) in [5.74, 6) is 0.685. The number of hydrogen-bond donors (Lipinski definition) is 2. The summed E-state index contributed by atoms with van der Waals surface area (Å²) in [6.45, 7) is 6.15. The average Bonchev–Trinajstić information content (AvgIpc) is 2.74. The van der Waals surface area contributed by atoms with Crippen LogP contribution in [0.2, 0.25) is 0 Å². The van der Waals surface area contributed by atoms with Crippen molar-refractivity contribution < 1.29 is 9.59 Å². The van der Waals surface area contributed by atoms with Gasteiger partial charge in [-0.2, -0.15) is 0 Å². The number of nitrogens with zero attached hydrogens (tertiary/aromatic N) is 2. The average molecular weight is 380 g/mol. The molecule has 1 atom stereocenters. The number of benzene rings is 1. The number of rotatable bonds is 6. The molecule has 0 bridgehead atoms. The van der Waals surface area contributed by atoms with Crippen molar-refractivity contribution in [1.29, 1.82) is 0 Å². The van der Waals surface area contributed by atoms with Crippen LogP contribution in [0.25, 0.3) is 0 Å². The van der Waals surface area contributed by atoms with Crippen LogP contribution in [0.1, 0.15) is 42.1 Å². The van der Waals surface area contributed by atoms with E-state index in [2.05, 4.69) is 20.5 Å². The van der Waals surface area contributed by atoms with Crippen LogP contribution in [-0.4, -0.2) is 36.4 Å². The van der Waals surface area contributed by atoms with Crippen LogP contribution in [-0.2, 0) is 4.79 Å². The van der Waals surface area contributed by atoms with Crippen LogP contribution >= 0.6 is 0 Å². The molecule has 1 unspecified atom stereocenters. The first kappa shape index (κ1) is 19.9. The zero-order chi connectivity index (χ0) is 19.9. The normalized spacial score (nSPS) is 16.5. The molecule has 2 amide bonds. The molecular formula is C22H28N4O2. The summed E-state index contributed by atoms with van der Waals surface area (Å²) in [6, 6.07) is 11.3. The molecule has 1 aromatic carbocycles. The fraction of sp³-hybridized carbons (Fsp3) is 0.409. The molecule has 2 aromatic rings. The van der Waals surface area contributed by atoms with Crippen molar-refractivity contribution in [2.45, 2.75) is 33.1 Å². The first-order chi connectivity index (χ1) is 13.6. The second kappa shape index (κ2) is 9.35. The van der Waals surface area contributed by atoms with Crippen LogP contribution < -0.4 is 15.5 Å². The molecule has 148 valence electrons. The number of carbonyl (C=O) groups excluding carboxylic acids is 2. The Balaban J connectivity index is 1.67. The van der Waals surface area contributed by atoms with Gasteiger partial charge in [0.2, 0.25) is 5.91 Å². The molecule has 28 heavy (non-hydrogen) atoms. The summed E-state index contributed by atoms with van der Waals surface area (Å²) < 4.78 is 0. The summed E-state index contributed by atoms with van der Waals surface area (Å²) in [7, 11) is 0. The number of carbonyl (C=O) groups is 2. The maximum absolute atomic E-state index is 12.9. The van der Waals surface area contributed by atoms with Crippen LogP contribution in [0, 0.1) is 12.8 Å². The molecule has 6 nitrogen and oxygen atoms in total. The van der Waals surface area contributed by atoms with E-state index < -0.39 is 0 Å². The van der Waals surface area contributed by atoms with E-state index in [-0.39, 0.29) is 17.7 Å². The number of aryl methyl sites for hydroxylation is 1. The topological polar surface area (TPSA) is 74.3 Å². The zero-order valence-corrected chi connectivity index (χ0v) is 16.6. The first-order valence-corrected chi connectivity index (χ1v) is 9.94. The highest BCUT2D eigenvalue weighted by Crippen LogP contribution is 2.24. The Labute approximate surface area is 166 Å². The molecule has 1 fully saturated rings. The molecule has 3 rings (SSSR count). The van der Waals surface area contributed by atoms with Gasteiger partial charge in [0.05, 0.1) is 5.92 Å². The number of pyridine rings is 1. The van der Waals surface area contributed by atoms with Gasteiger partial charge in [-0.3, -0.25) is 9.59 Å². The Bertz CT molecular complexity index is 823. The highest BCUT2D eigenvalue weighted by molar-refractivity contribution is 5.98. The minimum absolute atomic E-state index is 0.00477. The third-order valence-electron chi connectivity index (χ3n) is 5.06. The number of aromatic nitrogens is 1. The first-order valence-electron chi connectivity index (χ1n) is 9.94. The van der Waals surface area contributed by atoms with Crippen molar-refractivity contribution in [3.63, 3.8) is 0 Å². The monoisotopic (exact) mass is 380 g/mol. The lowest BCUT2D eigenvalue weighted by Crippen LogP contribution is -2.41.